The van der Waals surface area contributed by atoms with Crippen LogP contribution >= 0.6 is 0 Å². The zero-order valence-corrected chi connectivity index (χ0v) is 71.0. The van der Waals surface area contributed by atoms with Crippen LogP contribution in [-0.4, -0.2) is 5.11 Å². The Hall–Kier alpha value is -9.04. The van der Waals surface area contributed by atoms with Gasteiger partial charge in [-0.3, -0.25) is 0 Å². The molecule has 0 spiro atoms. The summed E-state index contributed by atoms with van der Waals surface area (Å²) in [6.45, 7) is 42.8. The van der Waals surface area contributed by atoms with Gasteiger partial charge in [0.2, 0.25) is 0 Å². The summed E-state index contributed by atoms with van der Waals surface area (Å²) < 4.78 is 0. The second-order valence-electron chi connectivity index (χ2n) is 28.1. The predicted octanol–water partition coefficient (Wildman–Crippen LogP) is 37.7. The molecule has 1 N–H and O–H groups in total. The molecule has 116 heavy (non-hydrogen) atoms. The third-order valence-electron chi connectivity index (χ3n) is 19.3. The van der Waals surface area contributed by atoms with Crippen LogP contribution in [0, 0.1) is 11.8 Å². The quantitative estimate of drug-likeness (QED) is 0.0901. The van der Waals surface area contributed by atoms with E-state index in [2.05, 4.69) is 366 Å². The Kier molecular flexibility index (Phi) is 72.4. The van der Waals surface area contributed by atoms with Crippen LogP contribution in [0.15, 0.2) is 273 Å². The van der Waals surface area contributed by atoms with Gasteiger partial charge < -0.3 is 5.11 Å². The van der Waals surface area contributed by atoms with Gasteiger partial charge in [0.15, 0.2) is 0 Å². The highest BCUT2D eigenvalue weighted by Gasteiger charge is 2.30. The van der Waals surface area contributed by atoms with Crippen LogP contribution in [0.2, 0.25) is 0 Å². The molecule has 12 aromatic carbocycles. The molecule has 2 aliphatic carbocycles. The summed E-state index contributed by atoms with van der Waals surface area (Å²) in [4.78, 5) is 0. The van der Waals surface area contributed by atoms with E-state index < -0.39 is 0 Å². The maximum atomic E-state index is 8.94. The highest BCUT2D eigenvalue weighted by atomic mass is 16.3. The first-order chi connectivity index (χ1) is 52.6. The summed E-state index contributed by atoms with van der Waals surface area (Å²) in [5, 5.41) is 17.3. The van der Waals surface area contributed by atoms with Crippen LogP contribution in [0.1, 0.15) is 321 Å². The molecule has 0 atom stereocenters. The van der Waals surface area contributed by atoms with E-state index >= 15 is 0 Å². The van der Waals surface area contributed by atoms with E-state index in [-0.39, 0.29) is 59.4 Å². The number of fused-ring (bicyclic) bond motifs is 5. The Balaban J connectivity index is -0.000000294. The van der Waals surface area contributed by atoms with Crippen molar-refractivity contribution in [2.24, 2.45) is 11.8 Å². The number of benzene rings is 12. The summed E-state index contributed by atoms with van der Waals surface area (Å²) in [5.41, 5.74) is 19.2. The normalized spacial score (nSPS) is 11.6. The summed E-state index contributed by atoms with van der Waals surface area (Å²) in [7, 11) is 0. The number of rotatable bonds is 13. The molecule has 1 heteroatoms. The van der Waals surface area contributed by atoms with E-state index in [0.29, 0.717) is 17.6 Å². The molecule has 2 aliphatic rings. The van der Waals surface area contributed by atoms with Crippen LogP contribution < -0.4 is 0 Å². The topological polar surface area (TPSA) is 20.2 Å². The van der Waals surface area contributed by atoms with E-state index in [0.717, 1.165) is 51.4 Å². The Morgan fingerprint density at radius 1 is 0.267 bits per heavy atom. The second kappa shape index (κ2) is 71.3. The van der Waals surface area contributed by atoms with Crippen molar-refractivity contribution in [1.29, 1.82) is 0 Å². The molecular weight excluding hydrogens is 1400 g/mol. The Morgan fingerprint density at radius 2 is 0.483 bits per heavy atom. The van der Waals surface area contributed by atoms with Crippen molar-refractivity contribution in [3.8, 4) is 16.9 Å². The second-order valence-corrected chi connectivity index (χ2v) is 28.1. The van der Waals surface area contributed by atoms with E-state index in [1.54, 1.807) is 44.2 Å². The van der Waals surface area contributed by atoms with Gasteiger partial charge in [0, 0.05) is 0 Å². The van der Waals surface area contributed by atoms with Crippen molar-refractivity contribution in [3.05, 3.63) is 340 Å². The lowest BCUT2D eigenvalue weighted by Gasteiger charge is -2.14. The Morgan fingerprint density at radius 3 is 0.690 bits per heavy atom. The van der Waals surface area contributed by atoms with Crippen molar-refractivity contribution < 1.29 is 5.11 Å². The van der Waals surface area contributed by atoms with Gasteiger partial charge in [0.25, 0.3) is 0 Å². The SMILES string of the molecule is C.C.C.C.C.C.C.C.C1CC2CCC1C2.CC.CC.CC(C)c1ccc(O)cc1.CC(C)c1ccccc1.CCC.CCC.CCc1c2ccccc2c(CC)c2ccccc12.CCc1ccc(-c2ccc(CC)cc2)cc1.CCc1ccc(/C=C/c2ccc(CC)cc2)cc1.CCc1ccc(CC)cc1.c1ccc2ccccc2c1. The lowest BCUT2D eigenvalue weighted by molar-refractivity contribution is 0.475. The minimum Gasteiger partial charge on any atom is -0.508 e. The van der Waals surface area contributed by atoms with Crippen molar-refractivity contribution in [3.63, 3.8) is 0 Å². The van der Waals surface area contributed by atoms with E-state index in [4.69, 9.17) is 5.11 Å². The minimum absolute atomic E-state index is 0. The van der Waals surface area contributed by atoms with E-state index in [1.165, 1.54) is 135 Å². The van der Waals surface area contributed by atoms with Gasteiger partial charge in [0.1, 0.15) is 5.75 Å². The smallest absolute Gasteiger partial charge is 0.115 e. The number of phenols is 1. The first-order valence-electron chi connectivity index (χ1n) is 41.9. The molecule has 640 valence electrons. The molecular formula is C115H174O. The standard InChI is InChI=1S/C18H18.C18H20.C16H18.C10H8.C10H14.C9H12O.C9H12.C7H12.2C3H8.2C2H6.8CH4/c1-3-13-15-9-5-7-11-17(15)14(4-2)18-12-8-6-10-16(13)18;1-3-15-5-9-17(10-6-15)13-14-18-11-7-16(4-2)8-12-18;1-3-13-5-9-15(10-6-13)16-11-7-14(4-2)8-12-16;1-2-6-10-8-4-3-7-9(10)5-1;1-3-9-5-7-10(4-2)8-6-9;1-7(2)8-3-5-9(10)6-4-8;1-8(2)9-6-4-3-5-7-9;1-2-7-4-3-6(1)5-7;2*1-3-2;2*1-2;;;;;;;;/h5-12H,3-4H2,1-2H3;5-14H,3-4H2,1-2H3;5-12H,3-4H2,1-2H3;1-8H;5-8H,3-4H2,1-2H3;3-7,10H,1-2H3;3-8H,1-2H3;6-7H,1-5H2;2*3H2,1-2H3;2*1-2H3;8*1H4/b;14-13+;;;;;;;;;;;;;;;;;;. The molecule has 2 fully saturated rings. The highest BCUT2D eigenvalue weighted by molar-refractivity contribution is 6.05. The first-order valence-corrected chi connectivity index (χ1v) is 41.9. The molecule has 2 saturated carbocycles. The fourth-order valence-corrected chi connectivity index (χ4v) is 12.9. The monoisotopic (exact) mass is 1570 g/mol. The molecule has 0 aliphatic heterocycles. The zero-order chi connectivity index (χ0) is 79.3. The molecule has 12 aromatic rings. The summed E-state index contributed by atoms with van der Waals surface area (Å²) in [6, 6.07) is 96.2. The maximum Gasteiger partial charge on any atom is 0.115 e. The number of hydrogen-bond acceptors (Lipinski definition) is 1. The van der Waals surface area contributed by atoms with Crippen LogP contribution in [0.3, 0.4) is 0 Å². The molecule has 14 rings (SSSR count). The largest absolute Gasteiger partial charge is 0.508 e. The molecule has 0 radical (unpaired) electrons. The number of aryl methyl sites for hydroxylation is 8. The first kappa shape index (κ1) is 118. The zero-order valence-electron chi connectivity index (χ0n) is 71.0. The van der Waals surface area contributed by atoms with Gasteiger partial charge in [-0.05, 0) is 204 Å². The van der Waals surface area contributed by atoms with Crippen molar-refractivity contribution in [1.82, 2.24) is 0 Å². The van der Waals surface area contributed by atoms with E-state index in [1.807, 2.05) is 45.9 Å². The summed E-state index contributed by atoms with van der Waals surface area (Å²) >= 11 is 0. The highest BCUT2D eigenvalue weighted by Crippen LogP contribution is 2.44. The van der Waals surface area contributed by atoms with Crippen LogP contribution in [0.5, 0.6) is 5.75 Å². The number of phenolic OH excluding ortho intramolecular Hbond substituents is 1. The lowest BCUT2D eigenvalue weighted by Crippen LogP contribution is -1.93. The lowest BCUT2D eigenvalue weighted by atomic mass is 9.90. The van der Waals surface area contributed by atoms with Crippen LogP contribution in [0.4, 0.5) is 0 Å². The maximum absolute atomic E-state index is 8.94. The van der Waals surface area contributed by atoms with Gasteiger partial charge >= 0.3 is 0 Å². The average molecular weight is 1570 g/mol. The summed E-state index contributed by atoms with van der Waals surface area (Å²) in [5.74, 6) is 3.88. The molecule has 0 saturated heterocycles. The molecule has 0 amide bonds. The van der Waals surface area contributed by atoms with Gasteiger partial charge in [-0.25, -0.2) is 0 Å². The Bertz CT molecular complexity index is 3890. The molecule has 0 aromatic heterocycles. The minimum atomic E-state index is 0. The van der Waals surface area contributed by atoms with Crippen LogP contribution in [0.25, 0.3) is 55.6 Å². The van der Waals surface area contributed by atoms with Crippen molar-refractivity contribution in [2.45, 2.75) is 306 Å². The molecule has 1 nitrogen and oxygen atoms in total. The third-order valence-corrected chi connectivity index (χ3v) is 19.3. The fraction of sp³-hybridized carbons (Fsp3) is 0.409. The summed E-state index contributed by atoms with van der Waals surface area (Å²) in [6.07, 6.45) is 23.5. The molecule has 2 bridgehead atoms. The average Bonchev–Trinajstić information content (AvgIpc) is 0.819. The van der Waals surface area contributed by atoms with E-state index in [9.17, 15) is 0 Å². The molecule has 0 unspecified atom stereocenters. The molecule has 0 heterocycles. The third kappa shape index (κ3) is 43.2. The number of aromatic hydroxyl groups is 1. The van der Waals surface area contributed by atoms with Gasteiger partial charge in [-0.2, -0.15) is 0 Å². The van der Waals surface area contributed by atoms with Crippen LogP contribution in [-0.2, 0) is 51.4 Å². The Labute approximate surface area is 719 Å². The van der Waals surface area contributed by atoms with Gasteiger partial charge in [0.05, 0.1) is 0 Å². The van der Waals surface area contributed by atoms with Crippen molar-refractivity contribution in [2.75, 3.05) is 0 Å². The predicted molar refractivity (Wildman–Crippen MR) is 542 cm³/mol. The number of hydrogen-bond donors (Lipinski definition) is 1. The fourth-order valence-electron chi connectivity index (χ4n) is 12.9. The van der Waals surface area contributed by atoms with Crippen molar-refractivity contribution >= 4 is 44.5 Å². The van der Waals surface area contributed by atoms with Gasteiger partial charge in [-0.1, -0.05) is 509 Å². The van der Waals surface area contributed by atoms with Gasteiger partial charge in [-0.15, -0.1) is 0 Å².